The van der Waals surface area contributed by atoms with Gasteiger partial charge in [0.05, 0.1) is 19.8 Å². The molecule has 0 saturated carbocycles. The van der Waals surface area contributed by atoms with Crippen LogP contribution in [0, 0.1) is 0 Å². The Hall–Kier alpha value is -2.61. The fourth-order valence-electron chi connectivity index (χ4n) is 3.50. The normalized spacial score (nSPS) is 16.0. The topological polar surface area (TPSA) is 78.4 Å². The van der Waals surface area contributed by atoms with Gasteiger partial charge < -0.3 is 25.2 Å². The first-order valence-electron chi connectivity index (χ1n) is 10.9. The summed E-state index contributed by atoms with van der Waals surface area (Å²) >= 11 is 0. The number of rotatable bonds is 10. The molecular formula is C24H34N4O3. The zero-order chi connectivity index (χ0) is 21.7. The summed E-state index contributed by atoms with van der Waals surface area (Å²) in [4.78, 5) is 6.65. The number of hydrogen-bond acceptors (Lipinski definition) is 5. The lowest BCUT2D eigenvalue weighted by molar-refractivity contribution is 0.0322. The van der Waals surface area contributed by atoms with Crippen molar-refractivity contribution in [2.75, 3.05) is 59.7 Å². The Kier molecular flexibility index (Phi) is 9.63. The Morgan fingerprint density at radius 3 is 2.68 bits per heavy atom. The van der Waals surface area contributed by atoms with E-state index in [2.05, 4.69) is 32.7 Å². The standard InChI is InChI=1S/C24H34N4O3/c1-25-24(27-18-22(19-29)21-7-3-2-4-8-21)26-17-20-6-5-9-23(16-20)31-15-12-28-10-13-30-14-11-28/h2-9,16,22,29H,10-15,17-19H2,1H3,(H2,25,26,27). The predicted molar refractivity (Wildman–Crippen MR) is 124 cm³/mol. The van der Waals surface area contributed by atoms with Crippen LogP contribution in [-0.2, 0) is 11.3 Å². The van der Waals surface area contributed by atoms with E-state index in [0.29, 0.717) is 25.7 Å². The van der Waals surface area contributed by atoms with Crippen molar-refractivity contribution in [1.29, 1.82) is 0 Å². The maximum atomic E-state index is 9.73. The van der Waals surface area contributed by atoms with Gasteiger partial charge in [0.1, 0.15) is 12.4 Å². The number of nitrogens with one attached hydrogen (secondary N) is 2. The van der Waals surface area contributed by atoms with Gasteiger partial charge in [0, 0.05) is 45.7 Å². The van der Waals surface area contributed by atoms with Gasteiger partial charge in [-0.2, -0.15) is 0 Å². The van der Waals surface area contributed by atoms with E-state index in [1.807, 2.05) is 42.5 Å². The Balaban J connectivity index is 1.43. The van der Waals surface area contributed by atoms with Crippen molar-refractivity contribution >= 4 is 5.96 Å². The average Bonchev–Trinajstić information content (AvgIpc) is 2.83. The van der Waals surface area contributed by atoms with Crippen molar-refractivity contribution in [3.05, 3.63) is 65.7 Å². The zero-order valence-electron chi connectivity index (χ0n) is 18.3. The molecule has 1 aliphatic heterocycles. The molecule has 0 spiro atoms. The summed E-state index contributed by atoms with van der Waals surface area (Å²) in [6, 6.07) is 18.1. The Morgan fingerprint density at radius 2 is 1.94 bits per heavy atom. The predicted octanol–water partition coefficient (Wildman–Crippen LogP) is 1.84. The third-order valence-electron chi connectivity index (χ3n) is 5.37. The minimum Gasteiger partial charge on any atom is -0.492 e. The molecule has 2 aromatic carbocycles. The second kappa shape index (κ2) is 12.9. The van der Waals surface area contributed by atoms with Gasteiger partial charge in [-0.05, 0) is 23.3 Å². The van der Waals surface area contributed by atoms with Crippen LogP contribution in [0.2, 0.25) is 0 Å². The summed E-state index contributed by atoms with van der Waals surface area (Å²) in [5.74, 6) is 1.59. The molecule has 0 bridgehead atoms. The molecule has 3 rings (SSSR count). The van der Waals surface area contributed by atoms with E-state index in [1.54, 1.807) is 7.05 Å². The summed E-state index contributed by atoms with van der Waals surface area (Å²) in [7, 11) is 1.75. The van der Waals surface area contributed by atoms with Gasteiger partial charge in [-0.15, -0.1) is 0 Å². The first-order valence-corrected chi connectivity index (χ1v) is 10.9. The van der Waals surface area contributed by atoms with Gasteiger partial charge in [0.15, 0.2) is 5.96 Å². The minimum absolute atomic E-state index is 0.0166. The van der Waals surface area contributed by atoms with Crippen LogP contribution >= 0.6 is 0 Å². The highest BCUT2D eigenvalue weighted by Gasteiger charge is 2.11. The average molecular weight is 427 g/mol. The van der Waals surface area contributed by atoms with Crippen LogP contribution < -0.4 is 15.4 Å². The van der Waals surface area contributed by atoms with E-state index in [4.69, 9.17) is 9.47 Å². The summed E-state index contributed by atoms with van der Waals surface area (Å²) in [5.41, 5.74) is 2.23. The molecule has 0 aromatic heterocycles. The van der Waals surface area contributed by atoms with Crippen LogP contribution in [0.4, 0.5) is 0 Å². The number of aliphatic hydroxyl groups is 1. The number of guanidine groups is 1. The smallest absolute Gasteiger partial charge is 0.191 e. The molecule has 31 heavy (non-hydrogen) atoms. The van der Waals surface area contributed by atoms with Crippen molar-refractivity contribution in [2.45, 2.75) is 12.5 Å². The molecule has 0 amide bonds. The van der Waals surface area contributed by atoms with Gasteiger partial charge >= 0.3 is 0 Å². The van der Waals surface area contributed by atoms with E-state index in [0.717, 1.165) is 49.7 Å². The van der Waals surface area contributed by atoms with Crippen molar-refractivity contribution in [3.63, 3.8) is 0 Å². The number of aliphatic imine (C=N–C) groups is 1. The number of ether oxygens (including phenoxy) is 2. The summed E-state index contributed by atoms with van der Waals surface area (Å²) in [6.07, 6.45) is 0. The SMILES string of the molecule is CN=C(NCc1cccc(OCCN2CCOCC2)c1)NCC(CO)c1ccccc1. The first-order chi connectivity index (χ1) is 15.3. The molecule has 1 saturated heterocycles. The fourth-order valence-corrected chi connectivity index (χ4v) is 3.50. The molecule has 1 atom stereocenters. The van der Waals surface area contributed by atoms with Crippen LogP contribution in [0.1, 0.15) is 17.0 Å². The minimum atomic E-state index is 0.0166. The molecular weight excluding hydrogens is 392 g/mol. The molecule has 0 radical (unpaired) electrons. The number of benzene rings is 2. The third-order valence-corrected chi connectivity index (χ3v) is 5.37. The highest BCUT2D eigenvalue weighted by Crippen LogP contribution is 2.14. The van der Waals surface area contributed by atoms with E-state index < -0.39 is 0 Å². The molecule has 0 aliphatic carbocycles. The van der Waals surface area contributed by atoms with Gasteiger partial charge in [0.2, 0.25) is 0 Å². The molecule has 1 fully saturated rings. The lowest BCUT2D eigenvalue weighted by Crippen LogP contribution is -2.39. The monoisotopic (exact) mass is 426 g/mol. The van der Waals surface area contributed by atoms with Crippen LogP contribution in [0.25, 0.3) is 0 Å². The molecule has 2 aromatic rings. The summed E-state index contributed by atoms with van der Waals surface area (Å²) in [5, 5.41) is 16.4. The number of morpholine rings is 1. The van der Waals surface area contributed by atoms with Gasteiger partial charge in [-0.1, -0.05) is 42.5 Å². The molecule has 1 unspecified atom stereocenters. The Labute approximate surface area is 185 Å². The summed E-state index contributed by atoms with van der Waals surface area (Å²) in [6.45, 7) is 6.46. The van der Waals surface area contributed by atoms with Crippen LogP contribution in [0.15, 0.2) is 59.6 Å². The number of nitrogens with zero attached hydrogens (tertiary/aromatic N) is 2. The molecule has 7 nitrogen and oxygen atoms in total. The van der Waals surface area contributed by atoms with E-state index in [1.165, 1.54) is 0 Å². The Bertz CT molecular complexity index is 794. The van der Waals surface area contributed by atoms with Gasteiger partial charge in [-0.25, -0.2) is 0 Å². The maximum absolute atomic E-state index is 9.73. The maximum Gasteiger partial charge on any atom is 0.191 e. The molecule has 168 valence electrons. The van der Waals surface area contributed by atoms with E-state index in [9.17, 15) is 5.11 Å². The quantitative estimate of drug-likeness (QED) is 0.398. The van der Waals surface area contributed by atoms with Gasteiger partial charge in [-0.3, -0.25) is 9.89 Å². The highest BCUT2D eigenvalue weighted by atomic mass is 16.5. The molecule has 1 aliphatic rings. The number of hydrogen-bond donors (Lipinski definition) is 3. The van der Waals surface area contributed by atoms with Crippen molar-refractivity contribution in [2.24, 2.45) is 4.99 Å². The molecule has 7 heteroatoms. The second-order valence-corrected chi connectivity index (χ2v) is 7.55. The largest absolute Gasteiger partial charge is 0.492 e. The molecule has 3 N–H and O–H groups in total. The van der Waals surface area contributed by atoms with Crippen LogP contribution in [0.3, 0.4) is 0 Å². The van der Waals surface area contributed by atoms with Crippen molar-refractivity contribution in [1.82, 2.24) is 15.5 Å². The second-order valence-electron chi connectivity index (χ2n) is 7.55. The lowest BCUT2D eigenvalue weighted by Gasteiger charge is -2.26. The van der Waals surface area contributed by atoms with E-state index >= 15 is 0 Å². The number of aliphatic hydroxyl groups excluding tert-OH is 1. The van der Waals surface area contributed by atoms with Crippen molar-refractivity contribution < 1.29 is 14.6 Å². The molecule has 1 heterocycles. The Morgan fingerprint density at radius 1 is 1.13 bits per heavy atom. The third kappa shape index (κ3) is 7.86. The first kappa shape index (κ1) is 23.1. The van der Waals surface area contributed by atoms with E-state index in [-0.39, 0.29) is 12.5 Å². The zero-order valence-corrected chi connectivity index (χ0v) is 18.3. The summed E-state index contributed by atoms with van der Waals surface area (Å²) < 4.78 is 11.3. The lowest BCUT2D eigenvalue weighted by atomic mass is 10.0. The fraction of sp³-hybridized carbons (Fsp3) is 0.458. The van der Waals surface area contributed by atoms with Crippen LogP contribution in [-0.4, -0.2) is 75.6 Å². The van der Waals surface area contributed by atoms with Crippen molar-refractivity contribution in [3.8, 4) is 5.75 Å². The highest BCUT2D eigenvalue weighted by molar-refractivity contribution is 5.79. The van der Waals surface area contributed by atoms with Crippen LogP contribution in [0.5, 0.6) is 5.75 Å². The van der Waals surface area contributed by atoms with Gasteiger partial charge in [0.25, 0.3) is 0 Å².